The van der Waals surface area contributed by atoms with Gasteiger partial charge in [-0.15, -0.1) is 11.3 Å². The normalized spacial score (nSPS) is 11.9. The summed E-state index contributed by atoms with van der Waals surface area (Å²) in [6.45, 7) is 2.07. The van der Waals surface area contributed by atoms with Crippen LogP contribution in [0.2, 0.25) is 0 Å². The first kappa shape index (κ1) is 29.5. The third kappa shape index (κ3) is 4.78. The maximum absolute atomic E-state index is 5.27. The van der Waals surface area contributed by atoms with E-state index in [9.17, 15) is 0 Å². The van der Waals surface area contributed by atoms with Crippen molar-refractivity contribution in [3.05, 3.63) is 163 Å². The Labute approximate surface area is 298 Å². The minimum Gasteiger partial charge on any atom is -0.276 e. The van der Waals surface area contributed by atoms with Crippen LogP contribution in [0.15, 0.2) is 158 Å². The molecule has 0 fully saturated rings. The lowest BCUT2D eigenvalue weighted by atomic mass is 9.97. The summed E-state index contributed by atoms with van der Waals surface area (Å²) in [6.07, 6.45) is 4.27. The molecule has 0 aliphatic heterocycles. The smallest absolute Gasteiger partial charge is 0.238 e. The van der Waals surface area contributed by atoms with Gasteiger partial charge in [0.05, 0.1) is 15.7 Å². The van der Waals surface area contributed by atoms with Crippen molar-refractivity contribution in [2.75, 3.05) is 0 Å². The van der Waals surface area contributed by atoms with Crippen LogP contribution in [-0.2, 0) is 0 Å². The third-order valence-corrected chi connectivity index (χ3v) is 10.9. The van der Waals surface area contributed by atoms with Gasteiger partial charge in [-0.3, -0.25) is 4.57 Å². The van der Waals surface area contributed by atoms with Crippen LogP contribution in [0.25, 0.3) is 98.7 Å². The molecular weight excluding hydrogens is 641 g/mol. The zero-order valence-corrected chi connectivity index (χ0v) is 28.6. The summed E-state index contributed by atoms with van der Waals surface area (Å²) in [7, 11) is 0. The molecule has 0 unspecified atom stereocenters. The molecule has 0 atom stereocenters. The molecule has 10 rings (SSSR count). The van der Waals surface area contributed by atoms with Crippen LogP contribution in [0.4, 0.5) is 0 Å². The van der Waals surface area contributed by atoms with Gasteiger partial charge < -0.3 is 0 Å². The monoisotopic (exact) mass is 670 g/mol. The number of aromatic nitrogens is 4. The fourth-order valence-electron chi connectivity index (χ4n) is 7.46. The SMILES string of the molecule is CC=Cc1ccc2sc3c(c2c1)c1ccccc1c1c2cc(-c4ccccc4)ccc2n(-c2nc(-c4ccccc4)nc(-c4ccccc4)n2)c31. The van der Waals surface area contributed by atoms with E-state index in [2.05, 4.69) is 139 Å². The predicted molar refractivity (Wildman–Crippen MR) is 216 cm³/mol. The molecule has 10 aromatic rings. The quantitative estimate of drug-likeness (QED) is 0.183. The molecule has 0 aliphatic carbocycles. The fraction of sp³-hybridized carbons (Fsp3) is 0.0217. The molecule has 0 spiro atoms. The second kappa shape index (κ2) is 11.9. The van der Waals surface area contributed by atoms with Gasteiger partial charge in [-0.1, -0.05) is 140 Å². The average molecular weight is 671 g/mol. The van der Waals surface area contributed by atoms with E-state index in [1.807, 2.05) is 47.7 Å². The van der Waals surface area contributed by atoms with Crippen molar-refractivity contribution >= 4 is 70.2 Å². The average Bonchev–Trinajstić information content (AvgIpc) is 3.75. The molecule has 0 saturated heterocycles. The summed E-state index contributed by atoms with van der Waals surface area (Å²) < 4.78 is 4.76. The summed E-state index contributed by atoms with van der Waals surface area (Å²) in [6, 6.07) is 53.5. The number of allylic oxidation sites excluding steroid dienone is 1. The molecule has 3 aromatic heterocycles. The second-order valence-corrected chi connectivity index (χ2v) is 13.8. The van der Waals surface area contributed by atoms with E-state index in [1.165, 1.54) is 58.4 Å². The Kier molecular flexibility index (Phi) is 6.86. The first-order chi connectivity index (χ1) is 25.2. The van der Waals surface area contributed by atoms with Crippen LogP contribution in [-0.4, -0.2) is 19.5 Å². The van der Waals surface area contributed by atoms with Gasteiger partial charge in [-0.2, -0.15) is 9.97 Å². The van der Waals surface area contributed by atoms with Crippen LogP contribution in [0.3, 0.4) is 0 Å². The lowest BCUT2D eigenvalue weighted by Gasteiger charge is -2.12. The van der Waals surface area contributed by atoms with E-state index in [-0.39, 0.29) is 0 Å². The largest absolute Gasteiger partial charge is 0.276 e. The summed E-state index contributed by atoms with van der Waals surface area (Å²) in [5, 5.41) is 7.35. The van der Waals surface area contributed by atoms with Crippen LogP contribution >= 0.6 is 11.3 Å². The van der Waals surface area contributed by atoms with Crippen molar-refractivity contribution < 1.29 is 0 Å². The Hall–Kier alpha value is -6.43. The number of benzene rings is 7. The van der Waals surface area contributed by atoms with Crippen molar-refractivity contribution in [2.45, 2.75) is 6.92 Å². The second-order valence-electron chi connectivity index (χ2n) is 12.8. The highest BCUT2D eigenvalue weighted by atomic mass is 32.1. The zero-order valence-electron chi connectivity index (χ0n) is 27.8. The van der Waals surface area contributed by atoms with E-state index in [4.69, 9.17) is 15.0 Å². The lowest BCUT2D eigenvalue weighted by Crippen LogP contribution is -2.06. The van der Waals surface area contributed by atoms with Gasteiger partial charge in [-0.05, 0) is 58.7 Å². The molecule has 0 amide bonds. The van der Waals surface area contributed by atoms with E-state index in [0.717, 1.165) is 22.2 Å². The standard InChI is InChI=1S/C46H30N4S/c1-2-14-29-23-26-39-37(27-29)41-35-22-13-12-21-34(35)40-36-28-33(30-15-6-3-7-16-30)24-25-38(36)50(42(40)43(41)51-39)46-48-44(31-17-8-4-9-18-31)47-45(49-46)32-19-10-5-11-20-32/h2-28H,1H3. The van der Waals surface area contributed by atoms with Crippen LogP contribution in [0, 0.1) is 0 Å². The molecule has 4 nitrogen and oxygen atoms in total. The Morgan fingerprint density at radius 1 is 0.510 bits per heavy atom. The molecular formula is C46H30N4S. The Balaban J connectivity index is 1.41. The number of nitrogens with zero attached hydrogens (tertiary/aromatic N) is 4. The first-order valence-electron chi connectivity index (χ1n) is 17.2. The number of hydrogen-bond acceptors (Lipinski definition) is 4. The summed E-state index contributed by atoms with van der Waals surface area (Å²) in [4.78, 5) is 15.6. The first-order valence-corrected chi connectivity index (χ1v) is 18.0. The van der Waals surface area contributed by atoms with Crippen molar-refractivity contribution in [1.82, 2.24) is 19.5 Å². The molecule has 0 aliphatic rings. The molecule has 0 radical (unpaired) electrons. The summed E-state index contributed by atoms with van der Waals surface area (Å²) >= 11 is 1.84. The Morgan fingerprint density at radius 3 is 1.76 bits per heavy atom. The Morgan fingerprint density at radius 2 is 1.12 bits per heavy atom. The zero-order chi connectivity index (χ0) is 33.9. The van der Waals surface area contributed by atoms with Crippen molar-refractivity contribution in [3.8, 4) is 39.9 Å². The predicted octanol–water partition coefficient (Wildman–Crippen LogP) is 12.5. The molecule has 5 heteroatoms. The molecule has 0 saturated carbocycles. The van der Waals surface area contributed by atoms with Gasteiger partial charge in [0.15, 0.2) is 11.6 Å². The summed E-state index contributed by atoms with van der Waals surface area (Å²) in [5.74, 6) is 1.87. The highest BCUT2D eigenvalue weighted by Crippen LogP contribution is 2.48. The number of thiophene rings is 1. The van der Waals surface area contributed by atoms with E-state index in [0.29, 0.717) is 17.6 Å². The molecule has 240 valence electrons. The molecule has 0 bridgehead atoms. The lowest BCUT2D eigenvalue weighted by molar-refractivity contribution is 0.955. The maximum atomic E-state index is 5.27. The van der Waals surface area contributed by atoms with Gasteiger partial charge >= 0.3 is 0 Å². The van der Waals surface area contributed by atoms with Gasteiger partial charge in [0.25, 0.3) is 0 Å². The fourth-order valence-corrected chi connectivity index (χ4v) is 8.70. The van der Waals surface area contributed by atoms with Crippen molar-refractivity contribution in [1.29, 1.82) is 0 Å². The molecule has 51 heavy (non-hydrogen) atoms. The van der Waals surface area contributed by atoms with Crippen molar-refractivity contribution in [3.63, 3.8) is 0 Å². The van der Waals surface area contributed by atoms with Gasteiger partial charge in [-0.25, -0.2) is 4.98 Å². The Bertz CT molecular complexity index is 2900. The molecule has 7 aromatic carbocycles. The van der Waals surface area contributed by atoms with E-state index < -0.39 is 0 Å². The maximum Gasteiger partial charge on any atom is 0.238 e. The minimum absolute atomic E-state index is 0.596. The van der Waals surface area contributed by atoms with Crippen LogP contribution in [0.5, 0.6) is 0 Å². The number of fused-ring (bicyclic) bond motifs is 10. The van der Waals surface area contributed by atoms with E-state index >= 15 is 0 Å². The van der Waals surface area contributed by atoms with Crippen LogP contribution < -0.4 is 0 Å². The highest BCUT2D eigenvalue weighted by Gasteiger charge is 2.24. The van der Waals surface area contributed by atoms with Crippen molar-refractivity contribution in [2.24, 2.45) is 0 Å². The minimum atomic E-state index is 0.596. The van der Waals surface area contributed by atoms with Gasteiger partial charge in [0.1, 0.15) is 0 Å². The third-order valence-electron chi connectivity index (χ3n) is 9.71. The number of rotatable bonds is 5. The highest BCUT2D eigenvalue weighted by molar-refractivity contribution is 7.27. The molecule has 3 heterocycles. The topological polar surface area (TPSA) is 43.6 Å². The van der Waals surface area contributed by atoms with Crippen LogP contribution in [0.1, 0.15) is 12.5 Å². The van der Waals surface area contributed by atoms with Gasteiger partial charge in [0, 0.05) is 37.4 Å². The molecule has 0 N–H and O–H groups in total. The number of hydrogen-bond donors (Lipinski definition) is 0. The van der Waals surface area contributed by atoms with Gasteiger partial charge in [0.2, 0.25) is 5.95 Å². The van der Waals surface area contributed by atoms with E-state index in [1.54, 1.807) is 0 Å². The summed E-state index contributed by atoms with van der Waals surface area (Å²) in [5.41, 5.74) is 7.60.